The van der Waals surface area contributed by atoms with Crippen molar-refractivity contribution in [3.63, 3.8) is 0 Å². The van der Waals surface area contributed by atoms with Crippen LogP contribution in [0, 0.1) is 5.92 Å². The number of ether oxygens (including phenoxy) is 1. The Kier molecular flexibility index (Phi) is 8.40. The Morgan fingerprint density at radius 3 is 2.82 bits per heavy atom. The SMILES string of the molecule is C[C@H]1CN([C@@H](C)CO)C(=O)c2cc(NC(=O)Cn3cnnn3)ccc2O[C@@H]1CN(C)S(=O)(=O)c1cccs1. The van der Waals surface area contributed by atoms with Gasteiger partial charge in [-0.1, -0.05) is 13.0 Å². The Morgan fingerprint density at radius 1 is 1.37 bits per heavy atom. The number of aliphatic hydroxyl groups is 1. The summed E-state index contributed by atoms with van der Waals surface area (Å²) in [5.74, 6) is -0.785. The van der Waals surface area contributed by atoms with E-state index >= 15 is 0 Å². The molecule has 3 aromatic rings. The summed E-state index contributed by atoms with van der Waals surface area (Å²) in [6.07, 6.45) is 0.707. The topological polar surface area (TPSA) is 160 Å². The molecule has 0 saturated carbocycles. The highest BCUT2D eigenvalue weighted by atomic mass is 32.2. The maximum Gasteiger partial charge on any atom is 0.258 e. The van der Waals surface area contributed by atoms with Crippen molar-refractivity contribution in [1.29, 1.82) is 0 Å². The van der Waals surface area contributed by atoms with Gasteiger partial charge < -0.3 is 20.1 Å². The quantitative estimate of drug-likeness (QED) is 0.386. The van der Waals surface area contributed by atoms with Crippen LogP contribution in [0.5, 0.6) is 5.75 Å². The van der Waals surface area contributed by atoms with Crippen molar-refractivity contribution in [1.82, 2.24) is 29.4 Å². The zero-order valence-electron chi connectivity index (χ0n) is 21.1. The van der Waals surface area contributed by atoms with E-state index in [-0.39, 0.29) is 53.6 Å². The second-order valence-corrected chi connectivity index (χ2v) is 12.3. The molecule has 0 bridgehead atoms. The van der Waals surface area contributed by atoms with E-state index in [1.165, 1.54) is 28.4 Å². The zero-order valence-corrected chi connectivity index (χ0v) is 22.7. The van der Waals surface area contributed by atoms with E-state index in [4.69, 9.17) is 4.74 Å². The van der Waals surface area contributed by atoms with Gasteiger partial charge in [0.15, 0.2) is 0 Å². The van der Waals surface area contributed by atoms with Gasteiger partial charge in [0.05, 0.1) is 24.8 Å². The standard InChI is InChI=1S/C23H29N7O6S2/c1-15-10-30(16(2)13-31)23(33)18-9-17(25-21(32)12-29-14-24-26-27-29)6-7-19(18)36-20(15)11-28(3)38(34,35)22-5-4-8-37-22/h4-9,14-16,20,31H,10-13H2,1-3H3,(H,25,32)/t15-,16-,20+/m0/s1. The lowest BCUT2D eigenvalue weighted by molar-refractivity contribution is -0.116. The molecule has 4 rings (SSSR count). The van der Waals surface area contributed by atoms with Crippen LogP contribution in [0.1, 0.15) is 24.2 Å². The smallest absolute Gasteiger partial charge is 0.258 e. The number of carbonyl (C=O) groups excluding carboxylic acids is 2. The third kappa shape index (κ3) is 6.01. The molecule has 13 nitrogen and oxygen atoms in total. The summed E-state index contributed by atoms with van der Waals surface area (Å²) in [6, 6.07) is 7.40. The molecule has 2 N–H and O–H groups in total. The van der Waals surface area contributed by atoms with Gasteiger partial charge in [0.2, 0.25) is 5.91 Å². The second-order valence-electron chi connectivity index (χ2n) is 9.11. The number of rotatable bonds is 9. The number of tetrazole rings is 1. The number of nitrogens with one attached hydrogen (secondary N) is 1. The number of amides is 2. The molecule has 0 aliphatic carbocycles. The molecule has 3 atom stereocenters. The number of benzene rings is 1. The number of anilines is 1. The van der Waals surface area contributed by atoms with Gasteiger partial charge in [-0.05, 0) is 47.0 Å². The predicted octanol–water partition coefficient (Wildman–Crippen LogP) is 0.914. The largest absolute Gasteiger partial charge is 0.488 e. The molecule has 0 spiro atoms. The first kappa shape index (κ1) is 27.6. The van der Waals surface area contributed by atoms with E-state index in [0.717, 1.165) is 11.3 Å². The number of hydrogen-bond donors (Lipinski definition) is 2. The average Bonchev–Trinajstić information content (AvgIpc) is 3.61. The summed E-state index contributed by atoms with van der Waals surface area (Å²) in [7, 11) is -2.22. The minimum absolute atomic E-state index is 0.0425. The molecular formula is C23H29N7O6S2. The molecule has 204 valence electrons. The number of hydrogen-bond acceptors (Lipinski definition) is 10. The van der Waals surface area contributed by atoms with Crippen molar-refractivity contribution in [2.75, 3.05) is 32.1 Å². The molecule has 0 saturated heterocycles. The van der Waals surface area contributed by atoms with Gasteiger partial charge in [0.25, 0.3) is 15.9 Å². The van der Waals surface area contributed by atoms with Gasteiger partial charge in [-0.25, -0.2) is 13.1 Å². The van der Waals surface area contributed by atoms with E-state index in [2.05, 4.69) is 20.8 Å². The number of likely N-dealkylation sites (N-methyl/N-ethyl adjacent to an activating group) is 1. The zero-order chi connectivity index (χ0) is 27.4. The molecule has 1 aromatic carbocycles. The lowest BCUT2D eigenvalue weighted by atomic mass is 9.99. The number of fused-ring (bicyclic) bond motifs is 1. The van der Waals surface area contributed by atoms with Crippen LogP contribution in [0.3, 0.4) is 0 Å². The second kappa shape index (κ2) is 11.6. The summed E-state index contributed by atoms with van der Waals surface area (Å²) in [5.41, 5.74) is 0.545. The number of thiophene rings is 1. The maximum atomic E-state index is 13.6. The highest BCUT2D eigenvalue weighted by Crippen LogP contribution is 2.31. The molecule has 1 aliphatic rings. The monoisotopic (exact) mass is 563 g/mol. The van der Waals surface area contributed by atoms with E-state index < -0.39 is 28.1 Å². The lowest BCUT2D eigenvalue weighted by Crippen LogP contribution is -2.50. The van der Waals surface area contributed by atoms with Crippen LogP contribution in [0.4, 0.5) is 5.69 Å². The molecular weight excluding hydrogens is 534 g/mol. The minimum atomic E-state index is -3.72. The van der Waals surface area contributed by atoms with Gasteiger partial charge in [-0.2, -0.15) is 4.31 Å². The van der Waals surface area contributed by atoms with Gasteiger partial charge >= 0.3 is 0 Å². The minimum Gasteiger partial charge on any atom is -0.488 e. The number of aliphatic hydroxyl groups excluding tert-OH is 1. The van der Waals surface area contributed by atoms with Crippen LogP contribution < -0.4 is 10.1 Å². The number of carbonyl (C=O) groups is 2. The van der Waals surface area contributed by atoms with Gasteiger partial charge in [-0.3, -0.25) is 9.59 Å². The third-order valence-corrected chi connectivity index (χ3v) is 9.44. The Labute approximate surface area is 224 Å². The normalized spacial score (nSPS) is 18.9. The first-order valence-corrected chi connectivity index (χ1v) is 14.1. The van der Waals surface area contributed by atoms with Crippen molar-refractivity contribution >= 4 is 38.9 Å². The molecule has 0 unspecified atom stereocenters. The van der Waals surface area contributed by atoms with Crippen LogP contribution in [-0.4, -0.2) is 93.6 Å². The Hall–Kier alpha value is -3.40. The molecule has 1 aliphatic heterocycles. The van der Waals surface area contributed by atoms with Crippen molar-refractivity contribution in [2.24, 2.45) is 5.92 Å². The highest BCUT2D eigenvalue weighted by Gasteiger charge is 2.35. The summed E-state index contributed by atoms with van der Waals surface area (Å²) in [4.78, 5) is 27.5. The van der Waals surface area contributed by atoms with Gasteiger partial charge in [0.1, 0.15) is 28.9 Å². The fourth-order valence-electron chi connectivity index (χ4n) is 4.03. The molecule has 2 aromatic heterocycles. The van der Waals surface area contributed by atoms with Crippen molar-refractivity contribution in [2.45, 2.75) is 36.7 Å². The van der Waals surface area contributed by atoms with Gasteiger partial charge in [-0.15, -0.1) is 16.4 Å². The van der Waals surface area contributed by atoms with Crippen LogP contribution in [0.2, 0.25) is 0 Å². The molecule has 15 heteroatoms. The number of sulfonamides is 1. The van der Waals surface area contributed by atoms with E-state index in [9.17, 15) is 23.1 Å². The molecule has 38 heavy (non-hydrogen) atoms. The molecule has 2 amide bonds. The predicted molar refractivity (Wildman–Crippen MR) is 138 cm³/mol. The van der Waals surface area contributed by atoms with Crippen molar-refractivity contribution in [3.8, 4) is 5.75 Å². The van der Waals surface area contributed by atoms with Crippen LogP contribution in [0.25, 0.3) is 0 Å². The first-order valence-electron chi connectivity index (χ1n) is 11.8. The van der Waals surface area contributed by atoms with Crippen LogP contribution in [-0.2, 0) is 21.4 Å². The van der Waals surface area contributed by atoms with Gasteiger partial charge in [0, 0.05) is 25.2 Å². The third-order valence-electron chi connectivity index (χ3n) is 6.24. The van der Waals surface area contributed by atoms with E-state index in [1.807, 2.05) is 6.92 Å². The molecule has 0 fully saturated rings. The van der Waals surface area contributed by atoms with Crippen LogP contribution >= 0.6 is 11.3 Å². The van der Waals surface area contributed by atoms with E-state index in [0.29, 0.717) is 5.69 Å². The number of aromatic nitrogens is 4. The van der Waals surface area contributed by atoms with E-state index in [1.54, 1.807) is 41.5 Å². The molecule has 3 heterocycles. The summed E-state index contributed by atoms with van der Waals surface area (Å²) < 4.78 is 35.1. The maximum absolute atomic E-state index is 13.6. The molecule has 0 radical (unpaired) electrons. The Bertz CT molecular complexity index is 1360. The summed E-state index contributed by atoms with van der Waals surface area (Å²) in [6.45, 7) is 3.50. The van der Waals surface area contributed by atoms with Crippen molar-refractivity contribution < 1.29 is 27.9 Å². The first-order chi connectivity index (χ1) is 18.1. The average molecular weight is 564 g/mol. The fraction of sp³-hybridized carbons (Fsp3) is 0.435. The summed E-state index contributed by atoms with van der Waals surface area (Å²) in [5, 5.41) is 24.9. The highest BCUT2D eigenvalue weighted by molar-refractivity contribution is 7.91. The Morgan fingerprint density at radius 2 is 2.16 bits per heavy atom. The number of nitrogens with zero attached hydrogens (tertiary/aromatic N) is 6. The fourth-order valence-corrected chi connectivity index (χ4v) is 6.42. The Balaban J connectivity index is 1.62. The lowest BCUT2D eigenvalue weighted by Gasteiger charge is -2.38. The van der Waals surface area contributed by atoms with Crippen molar-refractivity contribution in [3.05, 3.63) is 47.6 Å². The van der Waals surface area contributed by atoms with Crippen LogP contribution in [0.15, 0.2) is 46.2 Å². The summed E-state index contributed by atoms with van der Waals surface area (Å²) >= 11 is 1.13.